The molecule has 1 aromatic rings. The minimum atomic E-state index is -0.357. The summed E-state index contributed by atoms with van der Waals surface area (Å²) in [5.41, 5.74) is 5.17. The number of piperidine rings is 1. The van der Waals surface area contributed by atoms with Crippen molar-refractivity contribution in [2.75, 3.05) is 26.2 Å². The Labute approximate surface area is 121 Å². The van der Waals surface area contributed by atoms with Gasteiger partial charge in [-0.05, 0) is 12.8 Å². The van der Waals surface area contributed by atoms with Crippen LogP contribution < -0.4 is 16.6 Å². The molecule has 4 N–H and O–H groups in total. The Morgan fingerprint density at radius 3 is 3.00 bits per heavy atom. The highest BCUT2D eigenvalue weighted by Crippen LogP contribution is 2.18. The summed E-state index contributed by atoms with van der Waals surface area (Å²) < 4.78 is 0. The Bertz CT molecular complexity index is 551. The maximum atomic E-state index is 12.3. The summed E-state index contributed by atoms with van der Waals surface area (Å²) >= 11 is 0. The van der Waals surface area contributed by atoms with E-state index in [-0.39, 0.29) is 29.0 Å². The van der Waals surface area contributed by atoms with Crippen LogP contribution in [-0.4, -0.2) is 52.9 Å². The van der Waals surface area contributed by atoms with Gasteiger partial charge in [0.2, 0.25) is 5.91 Å². The number of carbonyl (C=O) groups excluding carboxylic acids is 2. The van der Waals surface area contributed by atoms with E-state index in [1.807, 2.05) is 0 Å². The number of rotatable bonds is 4. The summed E-state index contributed by atoms with van der Waals surface area (Å²) in [5, 5.41) is 2.74. The fraction of sp³-hybridized carbons (Fsp3) is 0.538. The van der Waals surface area contributed by atoms with E-state index in [9.17, 15) is 14.4 Å². The van der Waals surface area contributed by atoms with Crippen molar-refractivity contribution in [3.05, 3.63) is 28.4 Å². The van der Waals surface area contributed by atoms with Gasteiger partial charge in [-0.1, -0.05) is 0 Å². The molecule has 2 heterocycles. The smallest absolute Gasteiger partial charge is 0.273 e. The molecule has 1 aromatic heterocycles. The zero-order valence-corrected chi connectivity index (χ0v) is 11.7. The Hall–Kier alpha value is -2.22. The summed E-state index contributed by atoms with van der Waals surface area (Å²) in [5.74, 6) is -0.577. The van der Waals surface area contributed by atoms with Crippen molar-refractivity contribution < 1.29 is 9.59 Å². The molecule has 114 valence electrons. The Morgan fingerprint density at radius 1 is 1.52 bits per heavy atom. The predicted molar refractivity (Wildman–Crippen MR) is 75.5 cm³/mol. The first-order chi connectivity index (χ1) is 10.1. The molecule has 0 spiro atoms. The SMILES string of the molecule is NCCNC(=O)C1CCCN(C(=O)c2c[nH]c(=O)cn2)C1. The van der Waals surface area contributed by atoms with Crippen molar-refractivity contribution in [3.63, 3.8) is 0 Å². The quantitative estimate of drug-likeness (QED) is 0.637. The number of likely N-dealkylation sites (tertiary alicyclic amines) is 1. The zero-order valence-electron chi connectivity index (χ0n) is 11.7. The lowest BCUT2D eigenvalue weighted by molar-refractivity contribution is -0.126. The maximum Gasteiger partial charge on any atom is 0.273 e. The lowest BCUT2D eigenvalue weighted by atomic mass is 9.97. The molecular formula is C13H19N5O3. The van der Waals surface area contributed by atoms with Crippen molar-refractivity contribution in [2.45, 2.75) is 12.8 Å². The average molecular weight is 293 g/mol. The second-order valence-electron chi connectivity index (χ2n) is 4.97. The number of nitrogens with zero attached hydrogens (tertiary/aromatic N) is 2. The number of amides is 2. The molecule has 0 radical (unpaired) electrons. The molecule has 1 unspecified atom stereocenters. The first-order valence-electron chi connectivity index (χ1n) is 6.93. The van der Waals surface area contributed by atoms with Gasteiger partial charge in [-0.2, -0.15) is 0 Å². The Balaban J connectivity index is 2.00. The molecule has 1 fully saturated rings. The second kappa shape index (κ2) is 6.98. The number of hydrogen-bond acceptors (Lipinski definition) is 5. The van der Waals surface area contributed by atoms with E-state index in [1.54, 1.807) is 4.90 Å². The summed E-state index contributed by atoms with van der Waals surface area (Å²) in [6.45, 7) is 1.77. The van der Waals surface area contributed by atoms with Crippen molar-refractivity contribution in [2.24, 2.45) is 11.7 Å². The van der Waals surface area contributed by atoms with Gasteiger partial charge in [0.1, 0.15) is 5.69 Å². The van der Waals surface area contributed by atoms with Gasteiger partial charge in [0.05, 0.1) is 12.1 Å². The molecule has 1 aliphatic heterocycles. The number of aromatic amines is 1. The van der Waals surface area contributed by atoms with Gasteiger partial charge in [0.15, 0.2) is 0 Å². The minimum Gasteiger partial charge on any atom is -0.355 e. The summed E-state index contributed by atoms with van der Waals surface area (Å²) in [6, 6.07) is 0. The van der Waals surface area contributed by atoms with E-state index >= 15 is 0 Å². The summed E-state index contributed by atoms with van der Waals surface area (Å²) in [4.78, 5) is 43.0. The molecular weight excluding hydrogens is 274 g/mol. The highest BCUT2D eigenvalue weighted by Gasteiger charge is 2.29. The van der Waals surface area contributed by atoms with Crippen LogP contribution in [0.1, 0.15) is 23.3 Å². The van der Waals surface area contributed by atoms with E-state index in [2.05, 4.69) is 15.3 Å². The summed E-state index contributed by atoms with van der Waals surface area (Å²) in [7, 11) is 0. The van der Waals surface area contributed by atoms with Crippen molar-refractivity contribution >= 4 is 11.8 Å². The van der Waals surface area contributed by atoms with Gasteiger partial charge in [-0.15, -0.1) is 0 Å². The minimum absolute atomic E-state index is 0.0765. The highest BCUT2D eigenvalue weighted by molar-refractivity contribution is 5.92. The number of carbonyl (C=O) groups is 2. The first-order valence-corrected chi connectivity index (χ1v) is 6.93. The normalized spacial score (nSPS) is 18.3. The van der Waals surface area contributed by atoms with Crippen LogP contribution in [0.3, 0.4) is 0 Å². The van der Waals surface area contributed by atoms with Crippen LogP contribution in [0.15, 0.2) is 17.2 Å². The Kier molecular flexibility index (Phi) is 5.04. The fourth-order valence-corrected chi connectivity index (χ4v) is 2.34. The van der Waals surface area contributed by atoms with Crippen LogP contribution in [0.5, 0.6) is 0 Å². The van der Waals surface area contributed by atoms with Gasteiger partial charge in [0, 0.05) is 32.4 Å². The second-order valence-corrected chi connectivity index (χ2v) is 4.97. The van der Waals surface area contributed by atoms with E-state index in [0.29, 0.717) is 26.2 Å². The van der Waals surface area contributed by atoms with Crippen LogP contribution in [0.2, 0.25) is 0 Å². The average Bonchev–Trinajstić information content (AvgIpc) is 2.52. The number of nitrogens with two attached hydrogens (primary N) is 1. The maximum absolute atomic E-state index is 12.3. The van der Waals surface area contributed by atoms with Crippen LogP contribution in [0.25, 0.3) is 0 Å². The molecule has 8 heteroatoms. The lowest BCUT2D eigenvalue weighted by Gasteiger charge is -2.31. The van der Waals surface area contributed by atoms with Crippen LogP contribution >= 0.6 is 0 Å². The molecule has 0 aliphatic carbocycles. The highest BCUT2D eigenvalue weighted by atomic mass is 16.2. The van der Waals surface area contributed by atoms with Gasteiger partial charge in [-0.3, -0.25) is 14.4 Å². The number of H-pyrrole nitrogens is 1. The largest absolute Gasteiger partial charge is 0.355 e. The van der Waals surface area contributed by atoms with Crippen molar-refractivity contribution in [1.29, 1.82) is 0 Å². The molecule has 21 heavy (non-hydrogen) atoms. The summed E-state index contributed by atoms with van der Waals surface area (Å²) in [6.07, 6.45) is 3.88. The fourth-order valence-electron chi connectivity index (χ4n) is 2.34. The first kappa shape index (κ1) is 15.2. The molecule has 1 saturated heterocycles. The third-order valence-electron chi connectivity index (χ3n) is 3.41. The van der Waals surface area contributed by atoms with E-state index in [0.717, 1.165) is 19.0 Å². The molecule has 0 aromatic carbocycles. The molecule has 0 bridgehead atoms. The lowest BCUT2D eigenvalue weighted by Crippen LogP contribution is -2.46. The monoisotopic (exact) mass is 293 g/mol. The standard InChI is InChI=1S/C13H19N5O3/c14-3-4-15-12(20)9-2-1-5-18(8-9)13(21)10-6-17-11(19)7-16-10/h6-7,9H,1-5,8,14H2,(H,15,20)(H,17,19). The molecule has 8 nitrogen and oxygen atoms in total. The number of hydrogen-bond donors (Lipinski definition) is 3. The van der Waals surface area contributed by atoms with Crippen molar-refractivity contribution in [1.82, 2.24) is 20.2 Å². The van der Waals surface area contributed by atoms with Gasteiger partial charge < -0.3 is 20.9 Å². The molecule has 1 atom stereocenters. The van der Waals surface area contributed by atoms with Crippen LogP contribution in [0, 0.1) is 5.92 Å². The molecule has 1 aliphatic rings. The van der Waals surface area contributed by atoms with E-state index in [4.69, 9.17) is 5.73 Å². The molecule has 2 amide bonds. The van der Waals surface area contributed by atoms with Crippen molar-refractivity contribution in [3.8, 4) is 0 Å². The predicted octanol–water partition coefficient (Wildman–Crippen LogP) is -1.30. The Morgan fingerprint density at radius 2 is 2.33 bits per heavy atom. The van der Waals surface area contributed by atoms with Gasteiger partial charge in [0.25, 0.3) is 11.5 Å². The zero-order chi connectivity index (χ0) is 15.2. The molecule has 0 saturated carbocycles. The third kappa shape index (κ3) is 3.88. The topological polar surface area (TPSA) is 121 Å². The van der Waals surface area contributed by atoms with Gasteiger partial charge >= 0.3 is 0 Å². The number of nitrogens with one attached hydrogen (secondary N) is 2. The van der Waals surface area contributed by atoms with E-state index < -0.39 is 0 Å². The van der Waals surface area contributed by atoms with Crippen LogP contribution in [0.4, 0.5) is 0 Å². The van der Waals surface area contributed by atoms with Crippen LogP contribution in [-0.2, 0) is 4.79 Å². The van der Waals surface area contributed by atoms with Gasteiger partial charge in [-0.25, -0.2) is 4.98 Å². The number of aromatic nitrogens is 2. The van der Waals surface area contributed by atoms with E-state index in [1.165, 1.54) is 6.20 Å². The third-order valence-corrected chi connectivity index (χ3v) is 3.41. The molecule has 2 rings (SSSR count).